The summed E-state index contributed by atoms with van der Waals surface area (Å²) >= 11 is 0. The van der Waals surface area contributed by atoms with Gasteiger partial charge in [0.1, 0.15) is 23.1 Å². The molecule has 4 aromatic rings. The van der Waals surface area contributed by atoms with Gasteiger partial charge in [0.2, 0.25) is 0 Å². The fourth-order valence-electron chi connectivity index (χ4n) is 3.07. The first-order valence-electron chi connectivity index (χ1n) is 9.12. The van der Waals surface area contributed by atoms with Gasteiger partial charge >= 0.3 is 0 Å². The average Bonchev–Trinajstić information content (AvgIpc) is 2.79. The zero-order valence-corrected chi connectivity index (χ0v) is 16.5. The van der Waals surface area contributed by atoms with Crippen molar-refractivity contribution < 1.29 is 14.2 Å². The fourth-order valence-corrected chi connectivity index (χ4v) is 3.07. The molecule has 1 aromatic heterocycles. The number of benzene rings is 3. The van der Waals surface area contributed by atoms with Crippen molar-refractivity contribution in [3.05, 3.63) is 66.7 Å². The maximum Gasteiger partial charge on any atom is 0.162 e. The van der Waals surface area contributed by atoms with Crippen molar-refractivity contribution in [2.75, 3.05) is 26.6 Å². The number of aromatic nitrogens is 2. The number of hydrogen-bond acceptors (Lipinski definition) is 6. The molecule has 0 fully saturated rings. The highest BCUT2D eigenvalue weighted by Gasteiger charge is 2.12. The van der Waals surface area contributed by atoms with Crippen LogP contribution in [0.3, 0.4) is 0 Å². The third-order valence-electron chi connectivity index (χ3n) is 4.61. The van der Waals surface area contributed by atoms with Gasteiger partial charge in [0.05, 0.1) is 32.5 Å². The number of rotatable bonds is 6. The van der Waals surface area contributed by atoms with Crippen LogP contribution in [-0.4, -0.2) is 31.3 Å². The lowest BCUT2D eigenvalue weighted by molar-refractivity contribution is 0.395. The molecule has 6 nitrogen and oxygen atoms in total. The highest BCUT2D eigenvalue weighted by molar-refractivity contribution is 5.92. The van der Waals surface area contributed by atoms with Crippen molar-refractivity contribution in [1.29, 1.82) is 0 Å². The van der Waals surface area contributed by atoms with Crippen LogP contribution in [0, 0.1) is 0 Å². The van der Waals surface area contributed by atoms with Crippen LogP contribution in [-0.2, 0) is 0 Å². The molecule has 146 valence electrons. The Hall–Kier alpha value is -3.80. The molecular formula is C23H21N3O3. The molecule has 4 rings (SSSR count). The number of para-hydroxylation sites is 1. The molecule has 0 aliphatic carbocycles. The Balaban J connectivity index is 1.81. The van der Waals surface area contributed by atoms with E-state index in [0.29, 0.717) is 17.4 Å². The molecule has 0 saturated heterocycles. The Morgan fingerprint density at radius 2 is 1.45 bits per heavy atom. The lowest BCUT2D eigenvalue weighted by atomic mass is 10.1. The van der Waals surface area contributed by atoms with Crippen LogP contribution in [0.2, 0.25) is 0 Å². The van der Waals surface area contributed by atoms with Crippen molar-refractivity contribution in [2.24, 2.45) is 0 Å². The predicted octanol–water partition coefficient (Wildman–Crippen LogP) is 5.07. The molecule has 0 amide bonds. The lowest BCUT2D eigenvalue weighted by Gasteiger charge is -2.14. The molecule has 0 aliphatic rings. The highest BCUT2D eigenvalue weighted by atomic mass is 16.5. The molecule has 3 aromatic carbocycles. The molecule has 1 N–H and O–H groups in total. The lowest BCUT2D eigenvalue weighted by Crippen LogP contribution is -2.01. The number of methoxy groups -OCH3 is 3. The van der Waals surface area contributed by atoms with Gasteiger partial charge in [0.25, 0.3) is 0 Å². The molecule has 0 atom stereocenters. The summed E-state index contributed by atoms with van der Waals surface area (Å²) in [5, 5.41) is 4.31. The molecule has 0 radical (unpaired) electrons. The summed E-state index contributed by atoms with van der Waals surface area (Å²) in [7, 11) is 4.90. The Morgan fingerprint density at radius 1 is 0.724 bits per heavy atom. The van der Waals surface area contributed by atoms with Crippen molar-refractivity contribution in [3.8, 4) is 28.6 Å². The van der Waals surface area contributed by atoms with E-state index in [0.717, 1.165) is 33.7 Å². The van der Waals surface area contributed by atoms with Gasteiger partial charge < -0.3 is 19.5 Å². The maximum atomic E-state index is 5.51. The normalized spacial score (nSPS) is 10.6. The van der Waals surface area contributed by atoms with Gasteiger partial charge in [-0.1, -0.05) is 12.1 Å². The molecule has 1 heterocycles. The average molecular weight is 387 g/mol. The zero-order valence-electron chi connectivity index (χ0n) is 16.5. The van der Waals surface area contributed by atoms with E-state index >= 15 is 0 Å². The molecule has 0 spiro atoms. The Morgan fingerprint density at radius 3 is 2.17 bits per heavy atom. The summed E-state index contributed by atoms with van der Waals surface area (Å²) in [6.07, 6.45) is 0. The van der Waals surface area contributed by atoms with E-state index in [4.69, 9.17) is 24.2 Å². The van der Waals surface area contributed by atoms with Gasteiger partial charge in [-0.3, -0.25) is 0 Å². The summed E-state index contributed by atoms with van der Waals surface area (Å²) in [4.78, 5) is 9.52. The summed E-state index contributed by atoms with van der Waals surface area (Å²) in [6.45, 7) is 0. The smallest absolute Gasteiger partial charge is 0.162 e. The van der Waals surface area contributed by atoms with E-state index in [1.807, 2.05) is 66.7 Å². The van der Waals surface area contributed by atoms with E-state index in [1.165, 1.54) is 0 Å². The second-order valence-electron chi connectivity index (χ2n) is 6.33. The molecule has 0 bridgehead atoms. The van der Waals surface area contributed by atoms with Crippen molar-refractivity contribution in [3.63, 3.8) is 0 Å². The minimum Gasteiger partial charge on any atom is -0.497 e. The monoisotopic (exact) mass is 387 g/mol. The Labute approximate surface area is 169 Å². The fraction of sp³-hybridized carbons (Fsp3) is 0.130. The minimum atomic E-state index is 0.626. The summed E-state index contributed by atoms with van der Waals surface area (Å²) < 4.78 is 16.0. The summed E-state index contributed by atoms with van der Waals surface area (Å²) in [5.74, 6) is 3.50. The van der Waals surface area contributed by atoms with Crippen LogP contribution in [0.5, 0.6) is 17.2 Å². The molecule has 6 heteroatoms. The number of hydrogen-bond donors (Lipinski definition) is 1. The largest absolute Gasteiger partial charge is 0.497 e. The van der Waals surface area contributed by atoms with Gasteiger partial charge in [-0.15, -0.1) is 0 Å². The second-order valence-corrected chi connectivity index (χ2v) is 6.33. The number of nitrogens with one attached hydrogen (secondary N) is 1. The van der Waals surface area contributed by atoms with E-state index in [-0.39, 0.29) is 0 Å². The van der Waals surface area contributed by atoms with E-state index in [1.54, 1.807) is 21.3 Å². The number of nitrogens with zero attached hydrogens (tertiary/aromatic N) is 2. The van der Waals surface area contributed by atoms with Gasteiger partial charge in [-0.25, -0.2) is 9.97 Å². The van der Waals surface area contributed by atoms with E-state index in [9.17, 15) is 0 Å². The van der Waals surface area contributed by atoms with Crippen LogP contribution < -0.4 is 19.5 Å². The van der Waals surface area contributed by atoms with Gasteiger partial charge in [0, 0.05) is 17.0 Å². The Kier molecular flexibility index (Phi) is 5.16. The van der Waals surface area contributed by atoms with E-state index < -0.39 is 0 Å². The minimum absolute atomic E-state index is 0.626. The molecule has 0 unspecified atom stereocenters. The number of anilines is 2. The first-order valence-corrected chi connectivity index (χ1v) is 9.12. The maximum absolute atomic E-state index is 5.51. The topological polar surface area (TPSA) is 65.5 Å². The summed E-state index contributed by atoms with van der Waals surface area (Å²) in [6, 6.07) is 21.2. The molecular weight excluding hydrogens is 366 g/mol. The van der Waals surface area contributed by atoms with Crippen LogP contribution in [0.1, 0.15) is 0 Å². The molecule has 0 saturated carbocycles. The number of fused-ring (bicyclic) bond motifs is 1. The van der Waals surface area contributed by atoms with Crippen LogP contribution >= 0.6 is 0 Å². The molecule has 29 heavy (non-hydrogen) atoms. The quantitative estimate of drug-likeness (QED) is 0.498. The van der Waals surface area contributed by atoms with Crippen LogP contribution in [0.15, 0.2) is 66.7 Å². The predicted molar refractivity (Wildman–Crippen MR) is 114 cm³/mol. The zero-order chi connectivity index (χ0) is 20.2. The highest BCUT2D eigenvalue weighted by Crippen LogP contribution is 2.34. The summed E-state index contributed by atoms with van der Waals surface area (Å²) in [5.41, 5.74) is 2.54. The van der Waals surface area contributed by atoms with Gasteiger partial charge in [0.15, 0.2) is 5.82 Å². The van der Waals surface area contributed by atoms with Gasteiger partial charge in [-0.2, -0.15) is 0 Å². The Bertz CT molecular complexity index is 1140. The van der Waals surface area contributed by atoms with Crippen LogP contribution in [0.4, 0.5) is 11.5 Å². The number of ether oxygens (including phenoxy) is 3. The SMILES string of the molecule is COc1ccc(-c2nc(Nc3ccc(OC)cc3OC)c3ccccc3n2)cc1. The van der Waals surface area contributed by atoms with Crippen molar-refractivity contribution in [2.45, 2.75) is 0 Å². The van der Waals surface area contributed by atoms with Crippen LogP contribution in [0.25, 0.3) is 22.3 Å². The first-order chi connectivity index (χ1) is 14.2. The first kappa shape index (κ1) is 18.6. The second kappa shape index (κ2) is 8.06. The van der Waals surface area contributed by atoms with Crippen molar-refractivity contribution >= 4 is 22.4 Å². The third-order valence-corrected chi connectivity index (χ3v) is 4.61. The molecule has 0 aliphatic heterocycles. The van der Waals surface area contributed by atoms with Crippen molar-refractivity contribution in [1.82, 2.24) is 9.97 Å². The van der Waals surface area contributed by atoms with E-state index in [2.05, 4.69) is 5.32 Å². The standard InChI is InChI=1S/C23H21N3O3/c1-27-16-10-8-15(9-11-16)22-24-19-7-5-4-6-18(19)23(26-22)25-20-13-12-17(28-2)14-21(20)29-3/h4-14H,1-3H3,(H,24,25,26). The third kappa shape index (κ3) is 3.78. The van der Waals surface area contributed by atoms with Gasteiger partial charge in [-0.05, 0) is 48.5 Å².